The second-order valence-corrected chi connectivity index (χ2v) is 11.4. The van der Waals surface area contributed by atoms with Crippen LogP contribution in [0.25, 0.3) is 0 Å². The van der Waals surface area contributed by atoms with E-state index in [0.717, 1.165) is 24.3 Å². The molecule has 40 heavy (non-hydrogen) atoms. The second kappa shape index (κ2) is 11.3. The van der Waals surface area contributed by atoms with Crippen molar-refractivity contribution in [3.63, 3.8) is 0 Å². The molecule has 2 aromatic carbocycles. The molecule has 2 aromatic rings. The lowest BCUT2D eigenvalue weighted by Gasteiger charge is -2.39. The summed E-state index contributed by atoms with van der Waals surface area (Å²) < 4.78 is 122. The van der Waals surface area contributed by atoms with Gasteiger partial charge in [0.05, 0.1) is 22.7 Å². The number of fused-ring (bicyclic) bond motifs is 1. The van der Waals surface area contributed by atoms with Crippen LogP contribution in [0.5, 0.6) is 0 Å². The molecule has 3 atom stereocenters. The Bertz CT molecular complexity index is 1310. The van der Waals surface area contributed by atoms with Crippen molar-refractivity contribution < 1.29 is 59.3 Å². The minimum Gasteiger partial charge on any atom is -0.396 e. The zero-order valence-corrected chi connectivity index (χ0v) is 21.7. The highest BCUT2D eigenvalue weighted by Crippen LogP contribution is 2.51. The zero-order valence-electron chi connectivity index (χ0n) is 20.9. The van der Waals surface area contributed by atoms with E-state index in [1.165, 1.54) is 6.92 Å². The summed E-state index contributed by atoms with van der Waals surface area (Å²) in [7, 11) is -4.63. The summed E-state index contributed by atoms with van der Waals surface area (Å²) in [6, 6.07) is 3.77. The number of benzene rings is 2. The van der Waals surface area contributed by atoms with Crippen molar-refractivity contribution in [2.24, 2.45) is 5.92 Å². The third-order valence-corrected chi connectivity index (χ3v) is 8.75. The summed E-state index contributed by atoms with van der Waals surface area (Å²) in [6.45, 7) is 0.801. The first-order valence-electron chi connectivity index (χ1n) is 11.9. The Hall–Kier alpha value is -2.75. The van der Waals surface area contributed by atoms with E-state index in [4.69, 9.17) is 0 Å². The molecule has 1 aliphatic heterocycles. The molecule has 0 unspecified atom stereocenters. The van der Waals surface area contributed by atoms with Gasteiger partial charge in [0, 0.05) is 30.9 Å². The van der Waals surface area contributed by atoms with Crippen molar-refractivity contribution >= 4 is 21.5 Å². The van der Waals surface area contributed by atoms with E-state index < -0.39 is 81.1 Å². The molecule has 0 amide bonds. The molecule has 0 radical (unpaired) electrons. The van der Waals surface area contributed by atoms with E-state index in [-0.39, 0.29) is 30.5 Å². The molecule has 0 bridgehead atoms. The van der Waals surface area contributed by atoms with E-state index in [1.807, 2.05) is 0 Å². The smallest absolute Gasteiger partial charge is 0.396 e. The zero-order chi connectivity index (χ0) is 30.3. The number of rotatable bonds is 9. The van der Waals surface area contributed by atoms with Gasteiger partial charge in [0.25, 0.3) is 15.6 Å². The average Bonchev–Trinajstić information content (AvgIpc) is 2.84. The van der Waals surface area contributed by atoms with Crippen molar-refractivity contribution in [3.05, 3.63) is 59.4 Å². The number of nitrogens with zero attached hydrogens (tertiary/aromatic N) is 1. The first-order chi connectivity index (χ1) is 18.3. The molecule has 3 N–H and O–H groups in total. The maximum absolute atomic E-state index is 13.6. The molecule has 0 spiro atoms. The van der Waals surface area contributed by atoms with Crippen LogP contribution in [0.4, 0.5) is 36.4 Å². The number of ketones is 1. The number of hydrogen-bond acceptors (Lipinski definition) is 6. The molecular weight excluding hydrogens is 575 g/mol. The molecule has 0 fully saturated rings. The van der Waals surface area contributed by atoms with Gasteiger partial charge >= 0.3 is 12.4 Å². The van der Waals surface area contributed by atoms with E-state index in [2.05, 4.69) is 0 Å². The molecule has 7 nitrogen and oxygen atoms in total. The highest BCUT2D eigenvalue weighted by Gasteiger charge is 2.71. The Balaban J connectivity index is 2.13. The first-order valence-corrected chi connectivity index (χ1v) is 13.4. The molecular formula is C25H26F7NO6S. The fraction of sp³-hybridized carbons (Fsp3) is 0.480. The van der Waals surface area contributed by atoms with Gasteiger partial charge in [-0.15, -0.1) is 0 Å². The number of anilines is 1. The minimum absolute atomic E-state index is 0.211. The van der Waals surface area contributed by atoms with Crippen LogP contribution in [0, 0.1) is 11.7 Å². The summed E-state index contributed by atoms with van der Waals surface area (Å²) >= 11 is 0. The largest absolute Gasteiger partial charge is 0.430 e. The molecule has 0 aromatic heterocycles. The predicted octanol–water partition coefficient (Wildman–Crippen LogP) is 3.99. The van der Waals surface area contributed by atoms with Gasteiger partial charge in [-0.1, -0.05) is 12.1 Å². The lowest BCUT2D eigenvalue weighted by atomic mass is 9.86. The summed E-state index contributed by atoms with van der Waals surface area (Å²) in [6.07, 6.45) is -14.6. The van der Waals surface area contributed by atoms with Gasteiger partial charge in [-0.3, -0.25) is 9.10 Å². The fourth-order valence-electron chi connectivity index (χ4n) is 4.61. The number of alkyl halides is 6. The molecule has 1 heterocycles. The van der Waals surface area contributed by atoms with Gasteiger partial charge in [0.1, 0.15) is 11.6 Å². The van der Waals surface area contributed by atoms with Gasteiger partial charge in [0.2, 0.25) is 0 Å². The average molecular weight is 602 g/mol. The number of carbonyl (C=O) groups excluding carboxylic acids is 1. The maximum Gasteiger partial charge on any atom is 0.430 e. The van der Waals surface area contributed by atoms with E-state index >= 15 is 0 Å². The SMILES string of the molecule is C[C@H](O)[C@H](CO)CC(=O)C[C@@H]1CCc2cc(C(O)(C(F)(F)F)C(F)(F)F)ccc2N1S(=O)(=O)c1ccc(F)cc1. The topological polar surface area (TPSA) is 115 Å². The molecule has 0 aliphatic carbocycles. The number of carbonyl (C=O) groups is 1. The quantitative estimate of drug-likeness (QED) is 0.375. The summed E-state index contributed by atoms with van der Waals surface area (Å²) in [5.74, 6) is -2.19. The summed E-state index contributed by atoms with van der Waals surface area (Å²) in [5.41, 5.74) is -7.39. The predicted molar refractivity (Wildman–Crippen MR) is 127 cm³/mol. The number of aryl methyl sites for hydroxylation is 1. The number of aliphatic hydroxyl groups excluding tert-OH is 2. The third-order valence-electron chi connectivity index (χ3n) is 6.87. The van der Waals surface area contributed by atoms with E-state index in [1.54, 1.807) is 0 Å². The number of aliphatic hydroxyl groups is 3. The highest BCUT2D eigenvalue weighted by molar-refractivity contribution is 7.92. The summed E-state index contributed by atoms with van der Waals surface area (Å²) in [5, 5.41) is 28.9. The number of sulfonamides is 1. The molecule has 1 aliphatic rings. The van der Waals surface area contributed by atoms with Crippen LogP contribution in [0.3, 0.4) is 0 Å². The lowest BCUT2D eigenvalue weighted by Crippen LogP contribution is -2.54. The van der Waals surface area contributed by atoms with Crippen molar-refractivity contribution in [2.45, 2.75) is 67.6 Å². The molecule has 15 heteroatoms. The fourth-order valence-corrected chi connectivity index (χ4v) is 6.32. The standard InChI is InChI=1S/C25H26F7NO6S/c1-14(35)16(13-34)11-20(36)12-19-6-2-15-10-17(23(37,24(27,28)29)25(30,31)32)3-9-22(15)33(19)40(38,39)21-7-4-18(26)5-8-21/h3-5,7-10,14,16,19,34-35,37H,2,6,11-13H2,1H3/t14-,16-,19-/m0/s1. The van der Waals surface area contributed by atoms with Crippen LogP contribution in [-0.4, -0.2) is 60.6 Å². The van der Waals surface area contributed by atoms with Crippen LogP contribution in [-0.2, 0) is 26.8 Å². The van der Waals surface area contributed by atoms with Crippen LogP contribution < -0.4 is 4.31 Å². The minimum atomic E-state index is -6.16. The van der Waals surface area contributed by atoms with Gasteiger partial charge in [-0.2, -0.15) is 26.3 Å². The van der Waals surface area contributed by atoms with Crippen molar-refractivity contribution in [3.8, 4) is 0 Å². The first kappa shape index (κ1) is 31.8. The molecule has 0 saturated carbocycles. The van der Waals surface area contributed by atoms with E-state index in [0.29, 0.717) is 22.5 Å². The Morgan fingerprint density at radius 3 is 2.12 bits per heavy atom. The number of halogens is 7. The monoisotopic (exact) mass is 601 g/mol. The maximum atomic E-state index is 13.6. The Morgan fingerprint density at radius 1 is 1.05 bits per heavy atom. The van der Waals surface area contributed by atoms with E-state index in [9.17, 15) is 59.3 Å². The Morgan fingerprint density at radius 2 is 1.62 bits per heavy atom. The third kappa shape index (κ3) is 5.97. The molecule has 222 valence electrons. The lowest BCUT2D eigenvalue weighted by molar-refractivity contribution is -0.376. The van der Waals surface area contributed by atoms with Crippen molar-refractivity contribution in [2.75, 3.05) is 10.9 Å². The van der Waals surface area contributed by atoms with Crippen molar-refractivity contribution in [1.82, 2.24) is 0 Å². The second-order valence-electron chi connectivity index (χ2n) is 9.63. The normalized spacial score (nSPS) is 18.3. The van der Waals surface area contributed by atoms with Gasteiger partial charge in [-0.25, -0.2) is 12.8 Å². The van der Waals surface area contributed by atoms with Crippen molar-refractivity contribution in [1.29, 1.82) is 0 Å². The number of Topliss-reactive ketones (excluding diaryl/α,β-unsaturated/α-hetero) is 1. The van der Waals surface area contributed by atoms with Gasteiger partial charge in [0.15, 0.2) is 0 Å². The Kier molecular flexibility index (Phi) is 8.94. The van der Waals surface area contributed by atoms with Crippen LogP contribution in [0.1, 0.15) is 37.3 Å². The molecule has 0 saturated heterocycles. The Labute approximate surface area is 224 Å². The van der Waals surface area contributed by atoms with Gasteiger partial charge in [-0.05, 0) is 55.7 Å². The summed E-state index contributed by atoms with van der Waals surface area (Å²) in [4.78, 5) is 12.3. The highest BCUT2D eigenvalue weighted by atomic mass is 32.2. The number of hydrogen-bond donors (Lipinski definition) is 3. The van der Waals surface area contributed by atoms with Crippen LogP contribution in [0.15, 0.2) is 47.4 Å². The van der Waals surface area contributed by atoms with Crippen LogP contribution in [0.2, 0.25) is 0 Å². The van der Waals surface area contributed by atoms with Crippen LogP contribution >= 0.6 is 0 Å². The molecule has 3 rings (SSSR count). The van der Waals surface area contributed by atoms with Gasteiger partial charge < -0.3 is 15.3 Å².